The Hall–Kier alpha value is -0.930. The van der Waals surface area contributed by atoms with Crippen LogP contribution >= 0.6 is 0 Å². The quantitative estimate of drug-likeness (QED) is 0.831. The van der Waals surface area contributed by atoms with Crippen molar-refractivity contribution in [2.75, 3.05) is 13.1 Å². The molecule has 1 unspecified atom stereocenters. The minimum atomic E-state index is 0.524. The molecule has 2 N–H and O–H groups in total. The maximum Gasteiger partial charge on any atom is 0.0271 e. The molecule has 1 aromatic heterocycles. The summed E-state index contributed by atoms with van der Waals surface area (Å²) >= 11 is 0. The fraction of sp³-hybridized carbons (Fsp3) is 0.706. The summed E-state index contributed by atoms with van der Waals surface area (Å²) in [5, 5.41) is 0. The van der Waals surface area contributed by atoms with Crippen LogP contribution in [0.5, 0.6) is 0 Å². The summed E-state index contributed by atoms with van der Waals surface area (Å²) in [6, 6.07) is 4.74. The molecule has 0 aliphatic heterocycles. The lowest BCUT2D eigenvalue weighted by atomic mass is 9.84. The van der Waals surface area contributed by atoms with E-state index in [1.165, 1.54) is 44.1 Å². The Morgan fingerprint density at radius 1 is 1.25 bits per heavy atom. The number of aromatic nitrogens is 1. The zero-order chi connectivity index (χ0) is 14.2. The predicted molar refractivity (Wildman–Crippen MR) is 84.4 cm³/mol. The Morgan fingerprint density at radius 2 is 1.95 bits per heavy atom. The predicted octanol–water partition coefficient (Wildman–Crippen LogP) is 3.20. The lowest BCUT2D eigenvalue weighted by molar-refractivity contribution is 0.159. The molecule has 0 amide bonds. The van der Waals surface area contributed by atoms with Crippen LogP contribution in [0.25, 0.3) is 0 Å². The number of nitrogens with two attached hydrogens (primary N) is 1. The molecule has 3 heteroatoms. The van der Waals surface area contributed by atoms with Gasteiger partial charge in [-0.05, 0) is 36.6 Å². The van der Waals surface area contributed by atoms with E-state index in [4.69, 9.17) is 5.73 Å². The molecule has 1 heterocycles. The maximum absolute atomic E-state index is 6.07. The van der Waals surface area contributed by atoms with Crippen molar-refractivity contribution in [2.45, 2.75) is 58.0 Å². The van der Waals surface area contributed by atoms with E-state index in [0.29, 0.717) is 6.04 Å². The third kappa shape index (κ3) is 4.57. The molecular formula is C17H29N3. The highest BCUT2D eigenvalue weighted by atomic mass is 15.2. The molecule has 20 heavy (non-hydrogen) atoms. The summed E-state index contributed by atoms with van der Waals surface area (Å²) in [6.07, 6.45) is 12.1. The van der Waals surface area contributed by atoms with E-state index in [0.717, 1.165) is 25.6 Å². The molecule has 1 atom stereocenters. The van der Waals surface area contributed by atoms with Gasteiger partial charge in [-0.15, -0.1) is 0 Å². The van der Waals surface area contributed by atoms with E-state index in [1.807, 2.05) is 12.4 Å². The van der Waals surface area contributed by atoms with E-state index in [1.54, 1.807) is 0 Å². The van der Waals surface area contributed by atoms with E-state index >= 15 is 0 Å². The average Bonchev–Trinajstić information content (AvgIpc) is 2.52. The van der Waals surface area contributed by atoms with Crippen LogP contribution in [0.3, 0.4) is 0 Å². The van der Waals surface area contributed by atoms with Crippen LogP contribution in [0.1, 0.15) is 51.0 Å². The number of nitrogens with zero attached hydrogens (tertiary/aromatic N) is 2. The molecule has 2 rings (SSSR count). The van der Waals surface area contributed by atoms with E-state index < -0.39 is 0 Å². The molecule has 1 fully saturated rings. The molecular weight excluding hydrogens is 246 g/mol. The first-order valence-electron chi connectivity index (χ1n) is 8.16. The molecule has 1 aliphatic carbocycles. The molecule has 1 aliphatic rings. The number of hydrogen-bond acceptors (Lipinski definition) is 3. The zero-order valence-electron chi connectivity index (χ0n) is 12.8. The Labute approximate surface area is 123 Å². The van der Waals surface area contributed by atoms with E-state index in [2.05, 4.69) is 28.9 Å². The van der Waals surface area contributed by atoms with Crippen molar-refractivity contribution in [1.82, 2.24) is 9.88 Å². The molecule has 1 aromatic rings. The smallest absolute Gasteiger partial charge is 0.0271 e. The van der Waals surface area contributed by atoms with Crippen molar-refractivity contribution in [3.63, 3.8) is 0 Å². The van der Waals surface area contributed by atoms with Crippen LogP contribution in [0, 0.1) is 5.92 Å². The summed E-state index contributed by atoms with van der Waals surface area (Å²) in [7, 11) is 0. The fourth-order valence-electron chi connectivity index (χ4n) is 3.42. The molecule has 0 saturated heterocycles. The molecule has 1 saturated carbocycles. The molecule has 0 spiro atoms. The third-order valence-electron chi connectivity index (χ3n) is 4.66. The standard InChI is InChI=1S/C17H29N3/c1-2-20(14-16-8-10-19-11-9-16)17(13-18)12-15-6-4-3-5-7-15/h8-11,15,17H,2-7,12-14,18H2,1H3. The van der Waals surface area contributed by atoms with E-state index in [-0.39, 0.29) is 0 Å². The number of likely N-dealkylation sites (N-methyl/N-ethyl adjacent to an activating group) is 1. The van der Waals surface area contributed by atoms with Gasteiger partial charge < -0.3 is 5.73 Å². The molecule has 0 bridgehead atoms. The van der Waals surface area contributed by atoms with Gasteiger partial charge >= 0.3 is 0 Å². The Morgan fingerprint density at radius 3 is 2.55 bits per heavy atom. The number of rotatable bonds is 7. The van der Waals surface area contributed by atoms with Gasteiger partial charge in [-0.25, -0.2) is 0 Å². The van der Waals surface area contributed by atoms with Crippen LogP contribution in [0.15, 0.2) is 24.5 Å². The Kier molecular flexibility index (Phi) is 6.48. The van der Waals surface area contributed by atoms with Crippen molar-refractivity contribution in [3.8, 4) is 0 Å². The lowest BCUT2D eigenvalue weighted by Gasteiger charge is -2.34. The van der Waals surface area contributed by atoms with Crippen LogP contribution in [-0.4, -0.2) is 29.0 Å². The van der Waals surface area contributed by atoms with Crippen LogP contribution in [-0.2, 0) is 6.54 Å². The first-order valence-corrected chi connectivity index (χ1v) is 8.16. The van der Waals surface area contributed by atoms with Gasteiger partial charge in [0.05, 0.1) is 0 Å². The highest BCUT2D eigenvalue weighted by Crippen LogP contribution is 2.28. The van der Waals surface area contributed by atoms with Crippen molar-refractivity contribution in [2.24, 2.45) is 11.7 Å². The highest BCUT2D eigenvalue weighted by Gasteiger charge is 2.22. The largest absolute Gasteiger partial charge is 0.329 e. The Balaban J connectivity index is 1.92. The summed E-state index contributed by atoms with van der Waals surface area (Å²) in [5.74, 6) is 0.892. The second-order valence-corrected chi connectivity index (χ2v) is 6.05. The van der Waals surface area contributed by atoms with Gasteiger partial charge in [-0.2, -0.15) is 0 Å². The van der Waals surface area contributed by atoms with Crippen molar-refractivity contribution in [1.29, 1.82) is 0 Å². The van der Waals surface area contributed by atoms with Crippen LogP contribution in [0.4, 0.5) is 0 Å². The second kappa shape index (κ2) is 8.38. The van der Waals surface area contributed by atoms with Gasteiger partial charge in [-0.1, -0.05) is 39.0 Å². The lowest BCUT2D eigenvalue weighted by Crippen LogP contribution is -2.41. The molecule has 0 aromatic carbocycles. The summed E-state index contributed by atoms with van der Waals surface area (Å²) < 4.78 is 0. The first kappa shape index (κ1) is 15.5. The second-order valence-electron chi connectivity index (χ2n) is 6.05. The van der Waals surface area contributed by atoms with Crippen molar-refractivity contribution in [3.05, 3.63) is 30.1 Å². The monoisotopic (exact) mass is 275 g/mol. The fourth-order valence-corrected chi connectivity index (χ4v) is 3.42. The number of hydrogen-bond donors (Lipinski definition) is 1. The first-order chi connectivity index (χ1) is 9.83. The van der Waals surface area contributed by atoms with Crippen molar-refractivity contribution >= 4 is 0 Å². The summed E-state index contributed by atoms with van der Waals surface area (Å²) in [5.41, 5.74) is 7.40. The molecule has 112 valence electrons. The Bertz CT molecular complexity index is 360. The summed E-state index contributed by atoms with van der Waals surface area (Å²) in [4.78, 5) is 6.63. The molecule has 3 nitrogen and oxygen atoms in total. The average molecular weight is 275 g/mol. The molecule has 0 radical (unpaired) electrons. The zero-order valence-corrected chi connectivity index (χ0v) is 12.8. The minimum Gasteiger partial charge on any atom is -0.329 e. The van der Waals surface area contributed by atoms with Crippen LogP contribution in [0.2, 0.25) is 0 Å². The van der Waals surface area contributed by atoms with Gasteiger partial charge in [0.25, 0.3) is 0 Å². The highest BCUT2D eigenvalue weighted by molar-refractivity contribution is 5.09. The normalized spacial score (nSPS) is 18.4. The maximum atomic E-state index is 6.07. The van der Waals surface area contributed by atoms with Crippen molar-refractivity contribution < 1.29 is 0 Å². The topological polar surface area (TPSA) is 42.2 Å². The SMILES string of the molecule is CCN(Cc1ccncc1)C(CN)CC1CCCCC1. The van der Waals surface area contributed by atoms with E-state index in [9.17, 15) is 0 Å². The third-order valence-corrected chi connectivity index (χ3v) is 4.66. The minimum absolute atomic E-state index is 0.524. The number of pyridine rings is 1. The van der Waals surface area contributed by atoms with Gasteiger partial charge in [0.15, 0.2) is 0 Å². The van der Waals surface area contributed by atoms with Gasteiger partial charge in [-0.3, -0.25) is 9.88 Å². The van der Waals surface area contributed by atoms with Gasteiger partial charge in [0, 0.05) is 31.5 Å². The van der Waals surface area contributed by atoms with Crippen LogP contribution < -0.4 is 5.73 Å². The van der Waals surface area contributed by atoms with Gasteiger partial charge in [0.2, 0.25) is 0 Å². The summed E-state index contributed by atoms with van der Waals surface area (Å²) in [6.45, 7) is 5.07. The van der Waals surface area contributed by atoms with Gasteiger partial charge in [0.1, 0.15) is 0 Å².